The predicted octanol–water partition coefficient (Wildman–Crippen LogP) is 1.77. The highest BCUT2D eigenvalue weighted by atomic mass is 16.5. The van der Waals surface area contributed by atoms with Crippen LogP contribution in [-0.4, -0.2) is 50.3 Å². The van der Waals surface area contributed by atoms with Crippen LogP contribution in [0.1, 0.15) is 32.3 Å². The summed E-state index contributed by atoms with van der Waals surface area (Å²) in [7, 11) is 3.99. The molecule has 0 saturated carbocycles. The topological polar surface area (TPSA) is 61.8 Å². The average molecular weight is 319 g/mol. The molecule has 2 heterocycles. The van der Waals surface area contributed by atoms with Gasteiger partial charge in [-0.3, -0.25) is 0 Å². The van der Waals surface area contributed by atoms with Gasteiger partial charge >= 0.3 is 0 Å². The molecule has 0 aliphatic carbocycles. The summed E-state index contributed by atoms with van der Waals surface area (Å²) in [6.45, 7) is 7.27. The van der Waals surface area contributed by atoms with Gasteiger partial charge in [-0.05, 0) is 32.8 Å². The molecule has 0 amide bonds. The lowest BCUT2D eigenvalue weighted by Gasteiger charge is -2.24. The van der Waals surface area contributed by atoms with E-state index in [0.717, 1.165) is 49.9 Å². The van der Waals surface area contributed by atoms with Crippen molar-refractivity contribution in [3.05, 3.63) is 23.9 Å². The van der Waals surface area contributed by atoms with Crippen molar-refractivity contribution in [2.75, 3.05) is 38.7 Å². The fraction of sp³-hybridized carbons (Fsp3) is 0.647. The third-order valence-electron chi connectivity index (χ3n) is 3.97. The van der Waals surface area contributed by atoms with E-state index in [-0.39, 0.29) is 5.60 Å². The maximum Gasteiger partial charge on any atom is 0.191 e. The molecule has 1 aliphatic heterocycles. The Hall–Kier alpha value is -1.82. The van der Waals surface area contributed by atoms with Crippen molar-refractivity contribution in [1.29, 1.82) is 0 Å². The Morgan fingerprint density at radius 2 is 2.26 bits per heavy atom. The van der Waals surface area contributed by atoms with Crippen LogP contribution in [0.2, 0.25) is 0 Å². The summed E-state index contributed by atoms with van der Waals surface area (Å²) >= 11 is 0. The number of anilines is 1. The molecular weight excluding hydrogens is 290 g/mol. The van der Waals surface area contributed by atoms with Crippen molar-refractivity contribution in [3.8, 4) is 0 Å². The van der Waals surface area contributed by atoms with Crippen molar-refractivity contribution in [2.24, 2.45) is 4.99 Å². The SMILES string of the molecule is CCNC(=NCc1cccnc1N(C)C)NCC1(C)CCCO1. The number of ether oxygens (including phenoxy) is 1. The predicted molar refractivity (Wildman–Crippen MR) is 95.0 cm³/mol. The van der Waals surface area contributed by atoms with Crippen molar-refractivity contribution < 1.29 is 4.74 Å². The van der Waals surface area contributed by atoms with Gasteiger partial charge in [-0.2, -0.15) is 0 Å². The van der Waals surface area contributed by atoms with Crippen molar-refractivity contribution >= 4 is 11.8 Å². The van der Waals surface area contributed by atoms with Gasteiger partial charge < -0.3 is 20.3 Å². The first-order valence-corrected chi connectivity index (χ1v) is 8.31. The van der Waals surface area contributed by atoms with E-state index in [1.807, 2.05) is 31.3 Å². The number of aliphatic imine (C=N–C) groups is 1. The lowest BCUT2D eigenvalue weighted by atomic mass is 10.0. The van der Waals surface area contributed by atoms with Gasteiger partial charge in [-0.15, -0.1) is 0 Å². The van der Waals surface area contributed by atoms with E-state index >= 15 is 0 Å². The standard InChI is InChI=1S/C17H29N5O/c1-5-18-16(21-13-17(2)9-7-11-23-17)20-12-14-8-6-10-19-15(14)22(3)4/h6,8,10H,5,7,9,11-13H2,1-4H3,(H2,18,20,21). The Kier molecular flexibility index (Phi) is 6.21. The van der Waals surface area contributed by atoms with Crippen molar-refractivity contribution in [2.45, 2.75) is 38.8 Å². The van der Waals surface area contributed by atoms with Gasteiger partial charge in [-0.1, -0.05) is 6.07 Å². The second-order valence-electron chi connectivity index (χ2n) is 6.33. The van der Waals surface area contributed by atoms with Crippen LogP contribution >= 0.6 is 0 Å². The fourth-order valence-electron chi connectivity index (χ4n) is 2.71. The van der Waals surface area contributed by atoms with Crippen LogP contribution in [0.3, 0.4) is 0 Å². The molecule has 1 atom stereocenters. The Morgan fingerprint density at radius 1 is 1.43 bits per heavy atom. The number of guanidine groups is 1. The molecule has 2 N–H and O–H groups in total. The molecule has 1 fully saturated rings. The van der Waals surface area contributed by atoms with E-state index in [2.05, 4.69) is 35.5 Å². The molecule has 0 bridgehead atoms. The lowest BCUT2D eigenvalue weighted by molar-refractivity contribution is 0.0243. The van der Waals surface area contributed by atoms with Crippen molar-refractivity contribution in [3.63, 3.8) is 0 Å². The van der Waals surface area contributed by atoms with Crippen molar-refractivity contribution in [1.82, 2.24) is 15.6 Å². The highest BCUT2D eigenvalue weighted by molar-refractivity contribution is 5.79. The highest BCUT2D eigenvalue weighted by Gasteiger charge is 2.29. The van der Waals surface area contributed by atoms with E-state index in [1.54, 1.807) is 0 Å². The van der Waals surface area contributed by atoms with Gasteiger partial charge in [0.1, 0.15) is 5.82 Å². The quantitative estimate of drug-likeness (QED) is 0.618. The van der Waals surface area contributed by atoms with E-state index in [0.29, 0.717) is 6.54 Å². The minimum absolute atomic E-state index is 0.0840. The maximum absolute atomic E-state index is 5.82. The molecule has 6 nitrogen and oxygen atoms in total. The smallest absolute Gasteiger partial charge is 0.191 e. The molecule has 1 aromatic rings. The second kappa shape index (κ2) is 8.15. The molecule has 1 aliphatic rings. The Bertz CT molecular complexity index is 523. The number of nitrogens with one attached hydrogen (secondary N) is 2. The van der Waals surface area contributed by atoms with Gasteiger partial charge in [0.25, 0.3) is 0 Å². The molecule has 6 heteroatoms. The summed E-state index contributed by atoms with van der Waals surface area (Å²) in [5.74, 6) is 1.77. The molecule has 128 valence electrons. The molecule has 1 aromatic heterocycles. The van der Waals surface area contributed by atoms with Crippen LogP contribution in [0, 0.1) is 0 Å². The van der Waals surface area contributed by atoms with Crippen LogP contribution < -0.4 is 15.5 Å². The lowest BCUT2D eigenvalue weighted by Crippen LogP contribution is -2.45. The third-order valence-corrected chi connectivity index (χ3v) is 3.97. The minimum atomic E-state index is -0.0840. The molecule has 2 rings (SSSR count). The first-order valence-electron chi connectivity index (χ1n) is 8.31. The van der Waals surface area contributed by atoms with E-state index in [1.165, 1.54) is 0 Å². The van der Waals surface area contributed by atoms with Crippen LogP contribution in [0.15, 0.2) is 23.3 Å². The monoisotopic (exact) mass is 319 g/mol. The zero-order valence-electron chi connectivity index (χ0n) is 14.7. The number of pyridine rings is 1. The van der Waals surface area contributed by atoms with Gasteiger partial charge in [0.15, 0.2) is 5.96 Å². The van der Waals surface area contributed by atoms with Gasteiger partial charge in [0.05, 0.1) is 12.1 Å². The molecule has 1 unspecified atom stereocenters. The summed E-state index contributed by atoms with van der Waals surface area (Å²) in [4.78, 5) is 11.1. The third kappa shape index (κ3) is 5.10. The number of hydrogen-bond donors (Lipinski definition) is 2. The molecule has 0 spiro atoms. The van der Waals surface area contributed by atoms with E-state index in [9.17, 15) is 0 Å². The number of hydrogen-bond acceptors (Lipinski definition) is 4. The molecule has 0 radical (unpaired) electrons. The van der Waals surface area contributed by atoms with Crippen LogP contribution in [-0.2, 0) is 11.3 Å². The van der Waals surface area contributed by atoms with Gasteiger partial charge in [-0.25, -0.2) is 9.98 Å². The highest BCUT2D eigenvalue weighted by Crippen LogP contribution is 2.23. The summed E-state index contributed by atoms with van der Waals surface area (Å²) < 4.78 is 5.82. The Balaban J connectivity index is 2.01. The van der Waals surface area contributed by atoms with Gasteiger partial charge in [0, 0.05) is 45.6 Å². The minimum Gasteiger partial charge on any atom is -0.373 e. The zero-order valence-corrected chi connectivity index (χ0v) is 14.7. The summed E-state index contributed by atoms with van der Waals surface area (Å²) in [5, 5.41) is 6.69. The maximum atomic E-state index is 5.82. The first kappa shape index (κ1) is 17.5. The Morgan fingerprint density at radius 3 is 2.91 bits per heavy atom. The molecule has 1 saturated heterocycles. The zero-order chi connectivity index (χ0) is 16.7. The Labute approximate surface area is 139 Å². The molecular formula is C17H29N5O. The fourth-order valence-corrected chi connectivity index (χ4v) is 2.71. The van der Waals surface area contributed by atoms with Crippen LogP contribution in [0.5, 0.6) is 0 Å². The molecule has 23 heavy (non-hydrogen) atoms. The summed E-state index contributed by atoms with van der Waals surface area (Å²) in [6.07, 6.45) is 4.03. The van der Waals surface area contributed by atoms with Crippen LogP contribution in [0.25, 0.3) is 0 Å². The summed E-state index contributed by atoms with van der Waals surface area (Å²) in [5.41, 5.74) is 1.03. The number of aromatic nitrogens is 1. The molecule has 0 aromatic carbocycles. The van der Waals surface area contributed by atoms with E-state index < -0.39 is 0 Å². The van der Waals surface area contributed by atoms with Gasteiger partial charge in [0.2, 0.25) is 0 Å². The number of nitrogens with zero attached hydrogens (tertiary/aromatic N) is 3. The number of rotatable bonds is 6. The normalized spacial score (nSPS) is 21.3. The summed E-state index contributed by atoms with van der Waals surface area (Å²) in [6, 6.07) is 4.02. The van der Waals surface area contributed by atoms with Crippen LogP contribution in [0.4, 0.5) is 5.82 Å². The largest absolute Gasteiger partial charge is 0.373 e. The first-order chi connectivity index (χ1) is 11.0. The van der Waals surface area contributed by atoms with E-state index in [4.69, 9.17) is 9.73 Å². The second-order valence-corrected chi connectivity index (χ2v) is 6.33. The average Bonchev–Trinajstić information content (AvgIpc) is 2.97.